The number of aryl methyl sites for hydroxylation is 2. The van der Waals surface area contributed by atoms with Crippen LogP contribution in [0.5, 0.6) is 0 Å². The van der Waals surface area contributed by atoms with Crippen molar-refractivity contribution in [3.05, 3.63) is 70.8 Å². The number of hydrogen-bond acceptors (Lipinski definition) is 3. The number of para-hydroxylation sites is 1. The van der Waals surface area contributed by atoms with Crippen molar-refractivity contribution in [3.8, 4) is 0 Å². The summed E-state index contributed by atoms with van der Waals surface area (Å²) in [4.78, 5) is 24.5. The monoisotopic (exact) mass is 379 g/mol. The van der Waals surface area contributed by atoms with Crippen molar-refractivity contribution in [3.63, 3.8) is 0 Å². The molecule has 0 saturated carbocycles. The summed E-state index contributed by atoms with van der Waals surface area (Å²) in [6.45, 7) is 9.82. The fourth-order valence-electron chi connectivity index (χ4n) is 2.85. The first-order chi connectivity index (χ1) is 13.3. The minimum absolute atomic E-state index is 0.341. The van der Waals surface area contributed by atoms with E-state index >= 15 is 0 Å². The molecule has 4 nitrogen and oxygen atoms in total. The molecule has 2 aromatic rings. The summed E-state index contributed by atoms with van der Waals surface area (Å²) in [6, 6.07) is 13.9. The molecule has 0 aliphatic heterocycles. The Morgan fingerprint density at radius 2 is 1.75 bits per heavy atom. The van der Waals surface area contributed by atoms with Gasteiger partial charge in [-0.3, -0.25) is 4.79 Å². The number of nitrogens with one attached hydrogen (secondary N) is 1. The Labute approximate surface area is 167 Å². The Balaban J connectivity index is 1.95. The molecule has 0 heterocycles. The number of anilines is 1. The molecular formula is C24H29NO3. The maximum Gasteiger partial charge on any atom is 0.331 e. The van der Waals surface area contributed by atoms with E-state index in [4.69, 9.17) is 4.74 Å². The van der Waals surface area contributed by atoms with Crippen LogP contribution in [0.4, 0.5) is 5.69 Å². The second-order valence-corrected chi connectivity index (χ2v) is 7.19. The predicted molar refractivity (Wildman–Crippen MR) is 114 cm³/mol. The third-order valence-corrected chi connectivity index (χ3v) is 4.67. The average molecular weight is 380 g/mol. The number of hydrogen-bond donors (Lipinski definition) is 1. The van der Waals surface area contributed by atoms with E-state index in [1.165, 1.54) is 11.6 Å². The molecule has 1 atom stereocenters. The molecule has 0 aliphatic rings. The van der Waals surface area contributed by atoms with Crippen LogP contribution in [0.15, 0.2) is 48.5 Å². The number of carbonyl (C=O) groups is 2. The molecule has 0 fully saturated rings. The number of benzene rings is 2. The summed E-state index contributed by atoms with van der Waals surface area (Å²) in [5, 5.41) is 2.89. The van der Waals surface area contributed by atoms with Crippen molar-refractivity contribution in [2.75, 3.05) is 5.32 Å². The standard InChI is InChI=1S/C24H29NO3/c1-6-20-9-7-8-17(4)23(20)25-24(27)18(5)28-22(26)15-12-19-10-13-21(14-11-19)16(2)3/h7-16,18H,6H2,1-5H3,(H,25,27)/b15-12+/t18-/m1/s1. The Morgan fingerprint density at radius 1 is 1.07 bits per heavy atom. The summed E-state index contributed by atoms with van der Waals surface area (Å²) in [5.41, 5.74) is 4.98. The molecule has 1 amide bonds. The van der Waals surface area contributed by atoms with Crippen LogP contribution in [-0.4, -0.2) is 18.0 Å². The summed E-state index contributed by atoms with van der Waals surface area (Å²) < 4.78 is 5.24. The van der Waals surface area contributed by atoms with Crippen LogP contribution in [0.2, 0.25) is 0 Å². The van der Waals surface area contributed by atoms with E-state index < -0.39 is 12.1 Å². The number of rotatable bonds is 7. The molecule has 0 aromatic heterocycles. The molecule has 4 heteroatoms. The molecule has 0 unspecified atom stereocenters. The van der Waals surface area contributed by atoms with Crippen molar-refractivity contribution in [1.82, 2.24) is 0 Å². The van der Waals surface area contributed by atoms with Crippen molar-refractivity contribution < 1.29 is 14.3 Å². The molecule has 1 N–H and O–H groups in total. The first-order valence-electron chi connectivity index (χ1n) is 9.69. The van der Waals surface area contributed by atoms with Gasteiger partial charge in [-0.1, -0.05) is 63.2 Å². The maximum absolute atomic E-state index is 12.4. The maximum atomic E-state index is 12.4. The molecule has 0 radical (unpaired) electrons. The SMILES string of the molecule is CCc1cccc(C)c1NC(=O)[C@@H](C)OC(=O)/C=C/c1ccc(C(C)C)cc1. The second-order valence-electron chi connectivity index (χ2n) is 7.19. The van der Waals surface area contributed by atoms with Gasteiger partial charge in [-0.25, -0.2) is 4.79 Å². The minimum atomic E-state index is -0.884. The van der Waals surface area contributed by atoms with Crippen LogP contribution < -0.4 is 5.32 Å². The number of ether oxygens (including phenoxy) is 1. The highest BCUT2D eigenvalue weighted by atomic mass is 16.5. The van der Waals surface area contributed by atoms with Crippen molar-refractivity contribution >= 4 is 23.6 Å². The molecular weight excluding hydrogens is 350 g/mol. The zero-order chi connectivity index (χ0) is 20.7. The van der Waals surface area contributed by atoms with E-state index in [2.05, 4.69) is 19.2 Å². The van der Waals surface area contributed by atoms with Gasteiger partial charge in [-0.2, -0.15) is 0 Å². The lowest BCUT2D eigenvalue weighted by molar-refractivity contribution is -0.148. The first kappa shape index (κ1) is 21.4. The highest BCUT2D eigenvalue weighted by Gasteiger charge is 2.18. The van der Waals surface area contributed by atoms with Gasteiger partial charge in [0.05, 0.1) is 0 Å². The Hall–Kier alpha value is -2.88. The van der Waals surface area contributed by atoms with Crippen LogP contribution >= 0.6 is 0 Å². The van der Waals surface area contributed by atoms with E-state index in [1.807, 2.05) is 56.3 Å². The first-order valence-corrected chi connectivity index (χ1v) is 9.69. The van der Waals surface area contributed by atoms with E-state index in [1.54, 1.807) is 13.0 Å². The normalized spacial score (nSPS) is 12.2. The lowest BCUT2D eigenvalue weighted by atomic mass is 10.0. The van der Waals surface area contributed by atoms with Crippen LogP contribution in [0, 0.1) is 6.92 Å². The van der Waals surface area contributed by atoms with E-state index in [9.17, 15) is 9.59 Å². The summed E-state index contributed by atoms with van der Waals surface area (Å²) in [7, 11) is 0. The lowest BCUT2D eigenvalue weighted by Gasteiger charge is -2.16. The smallest absolute Gasteiger partial charge is 0.331 e. The third kappa shape index (κ3) is 5.81. The largest absolute Gasteiger partial charge is 0.449 e. The Bertz CT molecular complexity index is 851. The van der Waals surface area contributed by atoms with E-state index in [-0.39, 0.29) is 5.91 Å². The topological polar surface area (TPSA) is 55.4 Å². The van der Waals surface area contributed by atoms with Crippen LogP contribution in [0.25, 0.3) is 6.08 Å². The summed E-state index contributed by atoms with van der Waals surface area (Å²) in [5.74, 6) is -0.424. The minimum Gasteiger partial charge on any atom is -0.449 e. The predicted octanol–water partition coefficient (Wildman–Crippen LogP) is 5.26. The number of amides is 1. The van der Waals surface area contributed by atoms with Crippen molar-refractivity contribution in [2.45, 2.75) is 53.1 Å². The fourth-order valence-corrected chi connectivity index (χ4v) is 2.85. The van der Waals surface area contributed by atoms with Gasteiger partial charge >= 0.3 is 5.97 Å². The van der Waals surface area contributed by atoms with Gasteiger partial charge in [-0.05, 0) is 54.5 Å². The average Bonchev–Trinajstić information content (AvgIpc) is 2.68. The molecule has 28 heavy (non-hydrogen) atoms. The molecule has 0 aliphatic carbocycles. The Kier molecular flexibility index (Phi) is 7.56. The van der Waals surface area contributed by atoms with Crippen molar-refractivity contribution in [2.24, 2.45) is 0 Å². The highest BCUT2D eigenvalue weighted by Crippen LogP contribution is 2.21. The van der Waals surface area contributed by atoms with Gasteiger partial charge in [0.15, 0.2) is 6.10 Å². The van der Waals surface area contributed by atoms with Crippen LogP contribution in [0.1, 0.15) is 55.9 Å². The number of carbonyl (C=O) groups excluding carboxylic acids is 2. The van der Waals surface area contributed by atoms with Gasteiger partial charge in [0.25, 0.3) is 5.91 Å². The highest BCUT2D eigenvalue weighted by molar-refractivity contribution is 5.97. The zero-order valence-electron chi connectivity index (χ0n) is 17.3. The molecule has 2 aromatic carbocycles. The van der Waals surface area contributed by atoms with Gasteiger partial charge in [0.2, 0.25) is 0 Å². The fraction of sp³-hybridized carbons (Fsp3) is 0.333. The van der Waals surface area contributed by atoms with Crippen LogP contribution in [0.3, 0.4) is 0 Å². The second kappa shape index (κ2) is 9.88. The lowest BCUT2D eigenvalue weighted by Crippen LogP contribution is -2.30. The van der Waals surface area contributed by atoms with Gasteiger partial charge in [0.1, 0.15) is 0 Å². The summed E-state index contributed by atoms with van der Waals surface area (Å²) >= 11 is 0. The van der Waals surface area contributed by atoms with E-state index in [0.29, 0.717) is 5.92 Å². The number of esters is 1. The van der Waals surface area contributed by atoms with E-state index in [0.717, 1.165) is 28.8 Å². The van der Waals surface area contributed by atoms with Gasteiger partial charge in [0, 0.05) is 11.8 Å². The quantitative estimate of drug-likeness (QED) is 0.527. The molecule has 148 valence electrons. The Morgan fingerprint density at radius 3 is 2.36 bits per heavy atom. The summed E-state index contributed by atoms with van der Waals surface area (Å²) in [6.07, 6.45) is 2.96. The molecule has 0 spiro atoms. The molecule has 0 saturated heterocycles. The van der Waals surface area contributed by atoms with Crippen molar-refractivity contribution in [1.29, 1.82) is 0 Å². The molecule has 2 rings (SSSR count). The van der Waals surface area contributed by atoms with Gasteiger partial charge < -0.3 is 10.1 Å². The van der Waals surface area contributed by atoms with Gasteiger partial charge in [-0.15, -0.1) is 0 Å². The zero-order valence-corrected chi connectivity index (χ0v) is 17.3. The third-order valence-electron chi connectivity index (χ3n) is 4.67. The molecule has 0 bridgehead atoms. The van der Waals surface area contributed by atoms with Crippen LogP contribution in [-0.2, 0) is 20.7 Å².